The van der Waals surface area contributed by atoms with Crippen LogP contribution in [0.15, 0.2) is 79.1 Å². The number of hydrogen-bond acceptors (Lipinski definition) is 2. The van der Waals surface area contributed by atoms with Crippen LogP contribution in [-0.2, 0) is 12.8 Å². The zero-order valence-corrected chi connectivity index (χ0v) is 16.3. The number of aryl methyl sites for hydroxylation is 1. The maximum absolute atomic E-state index is 13.3. The summed E-state index contributed by atoms with van der Waals surface area (Å²) in [6.07, 6.45) is 6.05. The van der Waals surface area contributed by atoms with Crippen molar-refractivity contribution in [1.29, 1.82) is 0 Å². The molecule has 1 aromatic heterocycles. The first-order chi connectivity index (χ1) is 13.2. The molecule has 4 rings (SSSR count). The Morgan fingerprint density at radius 3 is 2.56 bits per heavy atom. The first-order valence-corrected chi connectivity index (χ1v) is 10.3. The monoisotopic (exact) mass is 371 g/mol. The Balaban J connectivity index is 1.84. The van der Waals surface area contributed by atoms with Crippen molar-refractivity contribution in [2.24, 2.45) is 7.05 Å². The fraction of sp³-hybridized carbons (Fsp3) is 0.125. The standard InChI is InChI=1S/C24H21NOS/c1-25-14-22(21-12-6-9-18-8-3-4-11-20(18)21)23(15-25)24(26)19-10-5-7-17(13-19)16-27-2/h3-15H,16H2,1-2H3. The van der Waals surface area contributed by atoms with E-state index in [0.717, 1.165) is 33.4 Å². The van der Waals surface area contributed by atoms with E-state index < -0.39 is 0 Å². The van der Waals surface area contributed by atoms with Gasteiger partial charge in [0, 0.05) is 41.9 Å². The summed E-state index contributed by atoms with van der Waals surface area (Å²) in [5.41, 5.74) is 4.74. The highest BCUT2D eigenvalue weighted by Crippen LogP contribution is 2.32. The summed E-state index contributed by atoms with van der Waals surface area (Å²) in [5.74, 6) is 0.980. The van der Waals surface area contributed by atoms with Gasteiger partial charge in [-0.25, -0.2) is 0 Å². The van der Waals surface area contributed by atoms with Crippen molar-refractivity contribution in [2.45, 2.75) is 5.75 Å². The molecule has 0 fully saturated rings. The molecule has 2 nitrogen and oxygen atoms in total. The lowest BCUT2D eigenvalue weighted by Gasteiger charge is -2.08. The maximum Gasteiger partial charge on any atom is 0.195 e. The lowest BCUT2D eigenvalue weighted by Crippen LogP contribution is -2.02. The van der Waals surface area contributed by atoms with Crippen LogP contribution in [0, 0.1) is 0 Å². The molecule has 1 heterocycles. The van der Waals surface area contributed by atoms with Crippen LogP contribution in [0.3, 0.4) is 0 Å². The van der Waals surface area contributed by atoms with Gasteiger partial charge in [-0.05, 0) is 34.2 Å². The summed E-state index contributed by atoms with van der Waals surface area (Å²) in [6, 6.07) is 22.5. The molecule has 0 aliphatic heterocycles. The van der Waals surface area contributed by atoms with Gasteiger partial charge in [0.15, 0.2) is 5.78 Å². The zero-order valence-electron chi connectivity index (χ0n) is 15.5. The average molecular weight is 372 g/mol. The largest absolute Gasteiger partial charge is 0.356 e. The molecule has 4 aromatic rings. The van der Waals surface area contributed by atoms with Gasteiger partial charge in [0.1, 0.15) is 0 Å². The molecule has 0 aliphatic rings. The molecule has 0 radical (unpaired) electrons. The van der Waals surface area contributed by atoms with Crippen molar-refractivity contribution in [2.75, 3.05) is 6.26 Å². The summed E-state index contributed by atoms with van der Waals surface area (Å²) < 4.78 is 1.97. The average Bonchev–Trinajstić information content (AvgIpc) is 3.09. The third-order valence-corrected chi connectivity index (χ3v) is 5.40. The van der Waals surface area contributed by atoms with E-state index in [4.69, 9.17) is 0 Å². The van der Waals surface area contributed by atoms with Crippen LogP contribution < -0.4 is 0 Å². The molecule has 0 saturated carbocycles. The molecule has 0 N–H and O–H groups in total. The van der Waals surface area contributed by atoms with Crippen LogP contribution in [0.4, 0.5) is 0 Å². The van der Waals surface area contributed by atoms with E-state index in [9.17, 15) is 4.79 Å². The van der Waals surface area contributed by atoms with Crippen LogP contribution in [-0.4, -0.2) is 16.6 Å². The molecule has 0 saturated heterocycles. The van der Waals surface area contributed by atoms with Gasteiger partial charge in [-0.3, -0.25) is 4.79 Å². The third-order valence-electron chi connectivity index (χ3n) is 4.78. The summed E-state index contributed by atoms with van der Waals surface area (Å²) in [7, 11) is 1.97. The number of nitrogens with zero attached hydrogens (tertiary/aromatic N) is 1. The molecule has 0 aliphatic carbocycles. The highest BCUT2D eigenvalue weighted by Gasteiger charge is 2.18. The highest BCUT2D eigenvalue weighted by molar-refractivity contribution is 7.97. The van der Waals surface area contributed by atoms with Crippen LogP contribution >= 0.6 is 11.8 Å². The van der Waals surface area contributed by atoms with E-state index in [-0.39, 0.29) is 5.78 Å². The molecule has 0 bridgehead atoms. The van der Waals surface area contributed by atoms with Crippen LogP contribution in [0.5, 0.6) is 0 Å². The Kier molecular flexibility index (Phi) is 4.87. The van der Waals surface area contributed by atoms with E-state index in [1.54, 1.807) is 11.8 Å². The van der Waals surface area contributed by atoms with Gasteiger partial charge in [0.2, 0.25) is 0 Å². The molecule has 0 atom stereocenters. The van der Waals surface area contributed by atoms with E-state index in [0.29, 0.717) is 0 Å². The summed E-state index contributed by atoms with van der Waals surface area (Å²) in [6.45, 7) is 0. The number of thioether (sulfide) groups is 1. The minimum atomic E-state index is 0.0708. The number of hydrogen-bond donors (Lipinski definition) is 0. The Bertz CT molecular complexity index is 1120. The number of carbonyl (C=O) groups excluding carboxylic acids is 1. The molecule has 3 aromatic carbocycles. The molecule has 134 valence electrons. The first-order valence-electron chi connectivity index (χ1n) is 8.94. The van der Waals surface area contributed by atoms with E-state index >= 15 is 0 Å². The molecule has 27 heavy (non-hydrogen) atoms. The number of benzene rings is 3. The smallest absolute Gasteiger partial charge is 0.195 e. The Morgan fingerprint density at radius 1 is 0.926 bits per heavy atom. The Hall–Kier alpha value is -2.78. The highest BCUT2D eigenvalue weighted by atomic mass is 32.2. The van der Waals surface area contributed by atoms with E-state index in [1.165, 1.54) is 10.9 Å². The van der Waals surface area contributed by atoms with Crippen LogP contribution in [0.2, 0.25) is 0 Å². The number of aromatic nitrogens is 1. The second kappa shape index (κ2) is 7.45. The van der Waals surface area contributed by atoms with Gasteiger partial charge in [0.25, 0.3) is 0 Å². The molecule has 0 amide bonds. The zero-order chi connectivity index (χ0) is 18.8. The van der Waals surface area contributed by atoms with Gasteiger partial charge in [-0.15, -0.1) is 0 Å². The van der Waals surface area contributed by atoms with Crippen LogP contribution in [0.25, 0.3) is 21.9 Å². The van der Waals surface area contributed by atoms with Crippen molar-refractivity contribution in [3.63, 3.8) is 0 Å². The molecular weight excluding hydrogens is 350 g/mol. The lowest BCUT2D eigenvalue weighted by molar-refractivity contribution is 0.103. The third kappa shape index (κ3) is 3.43. The number of fused-ring (bicyclic) bond motifs is 1. The van der Waals surface area contributed by atoms with Gasteiger partial charge in [0.05, 0.1) is 0 Å². The van der Waals surface area contributed by atoms with Gasteiger partial charge >= 0.3 is 0 Å². The number of rotatable bonds is 5. The summed E-state index contributed by atoms with van der Waals surface area (Å²) in [5, 5.41) is 2.34. The van der Waals surface area contributed by atoms with Crippen molar-refractivity contribution in [1.82, 2.24) is 4.57 Å². The maximum atomic E-state index is 13.3. The Morgan fingerprint density at radius 2 is 1.70 bits per heavy atom. The van der Waals surface area contributed by atoms with Crippen LogP contribution in [0.1, 0.15) is 21.5 Å². The van der Waals surface area contributed by atoms with Crippen molar-refractivity contribution < 1.29 is 4.79 Å². The molecule has 0 spiro atoms. The SMILES string of the molecule is CSCc1cccc(C(=O)c2cn(C)cc2-c2cccc3ccccc23)c1. The number of ketones is 1. The fourth-order valence-electron chi connectivity index (χ4n) is 3.56. The van der Waals surface area contributed by atoms with Crippen molar-refractivity contribution in [3.8, 4) is 11.1 Å². The predicted molar refractivity (Wildman–Crippen MR) is 115 cm³/mol. The second-order valence-corrected chi connectivity index (χ2v) is 7.61. The van der Waals surface area contributed by atoms with E-state index in [2.05, 4.69) is 42.7 Å². The number of carbonyl (C=O) groups is 1. The minimum absolute atomic E-state index is 0.0708. The summed E-state index contributed by atoms with van der Waals surface area (Å²) in [4.78, 5) is 13.3. The van der Waals surface area contributed by atoms with Gasteiger partial charge < -0.3 is 4.57 Å². The molecular formula is C24H21NOS. The molecule has 0 unspecified atom stereocenters. The lowest BCUT2D eigenvalue weighted by atomic mass is 9.94. The topological polar surface area (TPSA) is 22.0 Å². The first kappa shape index (κ1) is 17.6. The van der Waals surface area contributed by atoms with Crippen molar-refractivity contribution >= 4 is 28.3 Å². The minimum Gasteiger partial charge on any atom is -0.356 e. The second-order valence-electron chi connectivity index (χ2n) is 6.74. The fourth-order valence-corrected chi connectivity index (χ4v) is 4.08. The Labute approximate surface area is 163 Å². The summed E-state index contributed by atoms with van der Waals surface area (Å²) >= 11 is 1.76. The normalized spacial score (nSPS) is 11.0. The quantitative estimate of drug-likeness (QED) is 0.405. The van der Waals surface area contributed by atoms with Crippen molar-refractivity contribution in [3.05, 3.63) is 95.8 Å². The molecule has 3 heteroatoms. The van der Waals surface area contributed by atoms with Gasteiger partial charge in [-0.1, -0.05) is 60.7 Å². The van der Waals surface area contributed by atoms with E-state index in [1.807, 2.05) is 54.3 Å². The van der Waals surface area contributed by atoms with Gasteiger partial charge in [-0.2, -0.15) is 11.8 Å². The predicted octanol–water partition coefficient (Wildman–Crippen LogP) is 5.94.